The summed E-state index contributed by atoms with van der Waals surface area (Å²) in [6.45, 7) is 0. The number of benzene rings is 1. The standard InChI is InChI=1S/C15H16ClFO/c16-14(9-5-7-10(17)8-6-9)15(18)13-11-3-1-2-4-12(11)13/h5-8,11-14H,1-4H2. The van der Waals surface area contributed by atoms with Gasteiger partial charge in [0.1, 0.15) is 11.2 Å². The highest BCUT2D eigenvalue weighted by molar-refractivity contribution is 6.31. The Morgan fingerprint density at radius 2 is 1.72 bits per heavy atom. The van der Waals surface area contributed by atoms with Crippen molar-refractivity contribution in [1.29, 1.82) is 0 Å². The van der Waals surface area contributed by atoms with Crippen molar-refractivity contribution in [3.8, 4) is 0 Å². The molecule has 0 N–H and O–H groups in total. The lowest BCUT2D eigenvalue weighted by Gasteiger charge is -2.08. The van der Waals surface area contributed by atoms with Crippen LogP contribution in [-0.4, -0.2) is 5.78 Å². The SMILES string of the molecule is O=C(C(Cl)c1ccc(F)cc1)C1C2CCCCC21. The molecule has 0 spiro atoms. The predicted octanol–water partition coefficient (Wildman–Crippen LogP) is 4.11. The van der Waals surface area contributed by atoms with E-state index in [0.717, 1.165) is 0 Å². The Bertz CT molecular complexity index is 444. The van der Waals surface area contributed by atoms with Gasteiger partial charge in [0.15, 0.2) is 5.78 Å². The van der Waals surface area contributed by atoms with Gasteiger partial charge < -0.3 is 0 Å². The minimum absolute atomic E-state index is 0.139. The van der Waals surface area contributed by atoms with Crippen LogP contribution in [-0.2, 0) is 4.79 Å². The Hall–Kier alpha value is -0.890. The second kappa shape index (κ2) is 4.65. The van der Waals surface area contributed by atoms with Crippen LogP contribution < -0.4 is 0 Å². The molecule has 2 aliphatic rings. The zero-order valence-electron chi connectivity index (χ0n) is 10.1. The maximum Gasteiger partial charge on any atom is 0.158 e. The second-order valence-corrected chi connectivity index (χ2v) is 5.89. The maximum absolute atomic E-state index is 12.8. The minimum atomic E-state index is -0.610. The Kier molecular flexibility index (Phi) is 3.14. The van der Waals surface area contributed by atoms with E-state index in [0.29, 0.717) is 17.4 Å². The molecule has 0 radical (unpaired) electrons. The molecule has 1 aromatic rings. The maximum atomic E-state index is 12.8. The summed E-state index contributed by atoms with van der Waals surface area (Å²) in [5.74, 6) is 1.16. The molecule has 0 heterocycles. The first-order valence-electron chi connectivity index (χ1n) is 6.62. The molecule has 3 heteroatoms. The fourth-order valence-electron chi connectivity index (χ4n) is 3.38. The van der Waals surface area contributed by atoms with Gasteiger partial charge in [0.2, 0.25) is 0 Å². The van der Waals surface area contributed by atoms with Gasteiger partial charge in [0.25, 0.3) is 0 Å². The fourth-order valence-corrected chi connectivity index (χ4v) is 3.67. The van der Waals surface area contributed by atoms with E-state index < -0.39 is 5.38 Å². The molecule has 18 heavy (non-hydrogen) atoms. The van der Waals surface area contributed by atoms with E-state index in [9.17, 15) is 9.18 Å². The van der Waals surface area contributed by atoms with Gasteiger partial charge in [-0.25, -0.2) is 4.39 Å². The number of carbonyl (C=O) groups is 1. The number of carbonyl (C=O) groups excluding carboxylic acids is 1. The zero-order chi connectivity index (χ0) is 12.7. The number of hydrogen-bond acceptors (Lipinski definition) is 1. The third-order valence-electron chi connectivity index (χ3n) is 4.40. The van der Waals surface area contributed by atoms with Crippen LogP contribution in [0.2, 0.25) is 0 Å². The number of Topliss-reactive ketones (excluding diaryl/α,β-unsaturated/α-hetero) is 1. The van der Waals surface area contributed by atoms with Gasteiger partial charge in [-0.3, -0.25) is 4.79 Å². The highest BCUT2D eigenvalue weighted by atomic mass is 35.5. The summed E-state index contributed by atoms with van der Waals surface area (Å²) in [6.07, 6.45) is 4.84. The van der Waals surface area contributed by atoms with E-state index in [1.165, 1.54) is 37.8 Å². The number of alkyl halides is 1. The van der Waals surface area contributed by atoms with Crippen LogP contribution in [0.4, 0.5) is 4.39 Å². The van der Waals surface area contributed by atoms with Crippen LogP contribution in [0.5, 0.6) is 0 Å². The third kappa shape index (κ3) is 2.07. The average molecular weight is 267 g/mol. The number of fused-ring (bicyclic) bond motifs is 1. The highest BCUT2D eigenvalue weighted by Crippen LogP contribution is 2.57. The normalized spacial score (nSPS) is 31.6. The lowest BCUT2D eigenvalue weighted by Crippen LogP contribution is -2.11. The van der Waals surface area contributed by atoms with Gasteiger partial charge in [-0.05, 0) is 42.4 Å². The molecule has 1 aromatic carbocycles. The molecule has 2 fully saturated rings. The number of rotatable bonds is 3. The molecule has 1 nitrogen and oxygen atoms in total. The van der Waals surface area contributed by atoms with Crippen molar-refractivity contribution in [2.45, 2.75) is 31.1 Å². The van der Waals surface area contributed by atoms with Gasteiger partial charge in [0, 0.05) is 5.92 Å². The largest absolute Gasteiger partial charge is 0.297 e. The van der Waals surface area contributed by atoms with Crippen LogP contribution in [0.25, 0.3) is 0 Å². The van der Waals surface area contributed by atoms with E-state index in [1.54, 1.807) is 12.1 Å². The number of halogens is 2. The highest BCUT2D eigenvalue weighted by Gasteiger charge is 2.55. The first-order valence-corrected chi connectivity index (χ1v) is 7.05. The zero-order valence-corrected chi connectivity index (χ0v) is 10.9. The first-order chi connectivity index (χ1) is 8.68. The van der Waals surface area contributed by atoms with Crippen molar-refractivity contribution in [1.82, 2.24) is 0 Å². The quantitative estimate of drug-likeness (QED) is 0.753. The Morgan fingerprint density at radius 3 is 2.28 bits per heavy atom. The van der Waals surface area contributed by atoms with Gasteiger partial charge in [-0.2, -0.15) is 0 Å². The number of ketones is 1. The molecule has 0 bridgehead atoms. The number of hydrogen-bond donors (Lipinski definition) is 0. The van der Waals surface area contributed by atoms with Crippen LogP contribution in [0.1, 0.15) is 36.6 Å². The van der Waals surface area contributed by atoms with Crippen LogP contribution in [0.3, 0.4) is 0 Å². The molecule has 0 aliphatic heterocycles. The summed E-state index contributed by atoms with van der Waals surface area (Å²) in [5.41, 5.74) is 0.715. The Labute approximate surface area is 111 Å². The minimum Gasteiger partial charge on any atom is -0.297 e. The van der Waals surface area contributed by atoms with Gasteiger partial charge >= 0.3 is 0 Å². The molecule has 3 atom stereocenters. The van der Waals surface area contributed by atoms with Crippen molar-refractivity contribution >= 4 is 17.4 Å². The predicted molar refractivity (Wildman–Crippen MR) is 68.9 cm³/mol. The summed E-state index contributed by atoms with van der Waals surface area (Å²) in [6, 6.07) is 5.93. The summed E-state index contributed by atoms with van der Waals surface area (Å²) < 4.78 is 12.8. The van der Waals surface area contributed by atoms with Crippen molar-refractivity contribution in [3.05, 3.63) is 35.6 Å². The van der Waals surface area contributed by atoms with Crippen molar-refractivity contribution < 1.29 is 9.18 Å². The van der Waals surface area contributed by atoms with E-state index in [1.807, 2.05) is 0 Å². The molecular formula is C15H16ClFO. The van der Waals surface area contributed by atoms with Crippen LogP contribution in [0, 0.1) is 23.6 Å². The van der Waals surface area contributed by atoms with Gasteiger partial charge in [-0.1, -0.05) is 25.0 Å². The summed E-state index contributed by atoms with van der Waals surface area (Å²) in [5, 5.41) is -0.610. The van der Waals surface area contributed by atoms with Crippen molar-refractivity contribution in [3.63, 3.8) is 0 Å². The monoisotopic (exact) mass is 266 g/mol. The van der Waals surface area contributed by atoms with E-state index >= 15 is 0 Å². The smallest absolute Gasteiger partial charge is 0.158 e. The molecule has 3 rings (SSSR count). The molecule has 96 valence electrons. The summed E-state index contributed by atoms with van der Waals surface area (Å²) >= 11 is 6.24. The van der Waals surface area contributed by atoms with E-state index in [4.69, 9.17) is 11.6 Å². The van der Waals surface area contributed by atoms with Crippen LogP contribution in [0.15, 0.2) is 24.3 Å². The van der Waals surface area contributed by atoms with Crippen LogP contribution >= 0.6 is 11.6 Å². The molecule has 0 amide bonds. The molecule has 3 unspecified atom stereocenters. The van der Waals surface area contributed by atoms with Crippen molar-refractivity contribution in [2.24, 2.45) is 17.8 Å². The molecule has 2 aliphatic carbocycles. The average Bonchev–Trinajstić information content (AvgIpc) is 3.12. The topological polar surface area (TPSA) is 17.1 Å². The lowest BCUT2D eigenvalue weighted by molar-refractivity contribution is -0.120. The molecule has 2 saturated carbocycles. The molecule has 0 aromatic heterocycles. The van der Waals surface area contributed by atoms with Gasteiger partial charge in [0.05, 0.1) is 0 Å². The summed E-state index contributed by atoms with van der Waals surface area (Å²) in [4.78, 5) is 12.3. The first kappa shape index (κ1) is 12.2. The Morgan fingerprint density at radius 1 is 1.17 bits per heavy atom. The Balaban J connectivity index is 1.71. The summed E-state index contributed by atoms with van der Waals surface area (Å²) in [7, 11) is 0. The van der Waals surface area contributed by atoms with E-state index in [-0.39, 0.29) is 17.5 Å². The molecule has 0 saturated heterocycles. The third-order valence-corrected chi connectivity index (χ3v) is 4.86. The fraction of sp³-hybridized carbons (Fsp3) is 0.533. The van der Waals surface area contributed by atoms with Gasteiger partial charge in [-0.15, -0.1) is 11.6 Å². The second-order valence-electron chi connectivity index (χ2n) is 5.45. The molecular weight excluding hydrogens is 251 g/mol. The van der Waals surface area contributed by atoms with Crippen molar-refractivity contribution in [2.75, 3.05) is 0 Å². The van der Waals surface area contributed by atoms with E-state index in [2.05, 4.69) is 0 Å². The lowest BCUT2D eigenvalue weighted by atomic mass is 10.0.